The molecule has 0 aliphatic heterocycles. The number of hydrogen-bond acceptors (Lipinski definition) is 1. The number of hydrogen-bond donors (Lipinski definition) is 0. The molecule has 0 unspecified atom stereocenters. The maximum Gasteiger partial charge on any atom is 0.0352 e. The smallest absolute Gasteiger partial charge is 0.0352 e. The van der Waals surface area contributed by atoms with Gasteiger partial charge in [0.2, 0.25) is 0 Å². The van der Waals surface area contributed by atoms with Crippen LogP contribution in [0.2, 0.25) is 0 Å². The molecule has 1 aromatic heterocycles. The lowest BCUT2D eigenvalue weighted by molar-refractivity contribution is 0.660. The average molecular weight is 674 g/mol. The predicted molar refractivity (Wildman–Crippen MR) is 226 cm³/mol. The van der Waals surface area contributed by atoms with Crippen molar-refractivity contribution in [3.63, 3.8) is 0 Å². The van der Waals surface area contributed by atoms with Crippen molar-refractivity contribution in [1.82, 2.24) is 4.98 Å². The van der Waals surface area contributed by atoms with E-state index in [1.54, 1.807) is 0 Å². The van der Waals surface area contributed by atoms with Gasteiger partial charge in [0.25, 0.3) is 0 Å². The summed E-state index contributed by atoms with van der Waals surface area (Å²) < 4.78 is 0. The number of nitrogens with zero attached hydrogens (tertiary/aromatic N) is 1. The molecule has 0 atom stereocenters. The lowest BCUT2D eigenvalue weighted by Gasteiger charge is -2.23. The molecule has 53 heavy (non-hydrogen) atoms. The van der Waals surface area contributed by atoms with Gasteiger partial charge in [0.15, 0.2) is 0 Å². The van der Waals surface area contributed by atoms with Crippen LogP contribution < -0.4 is 0 Å². The largest absolute Gasteiger partial charge is 0.264 e. The van der Waals surface area contributed by atoms with Crippen LogP contribution in [0.1, 0.15) is 25.0 Å². The molecule has 10 aromatic rings. The van der Waals surface area contributed by atoms with E-state index in [1.165, 1.54) is 109 Å². The van der Waals surface area contributed by atoms with E-state index in [1.807, 2.05) is 6.20 Å². The van der Waals surface area contributed by atoms with Gasteiger partial charge in [0.1, 0.15) is 0 Å². The second kappa shape index (κ2) is 11.2. The maximum atomic E-state index is 4.67. The van der Waals surface area contributed by atoms with Crippen molar-refractivity contribution in [3.8, 4) is 44.5 Å². The Morgan fingerprint density at radius 3 is 1.83 bits per heavy atom. The molecule has 1 nitrogen and oxygen atoms in total. The van der Waals surface area contributed by atoms with Gasteiger partial charge < -0.3 is 0 Å². The maximum absolute atomic E-state index is 4.67. The summed E-state index contributed by atoms with van der Waals surface area (Å²) in [5.74, 6) is 0. The predicted octanol–water partition coefficient (Wildman–Crippen LogP) is 14.2. The third-order valence-corrected chi connectivity index (χ3v) is 11.9. The zero-order chi connectivity index (χ0) is 35.3. The Hall–Kier alpha value is -6.57. The fraction of sp³-hybridized carbons (Fsp3) is 0.0577. The minimum absolute atomic E-state index is 0.0504. The first-order chi connectivity index (χ1) is 26.0. The molecule has 1 heterocycles. The average Bonchev–Trinajstić information content (AvgIpc) is 3.44. The van der Waals surface area contributed by atoms with Crippen molar-refractivity contribution in [2.45, 2.75) is 19.3 Å². The van der Waals surface area contributed by atoms with E-state index in [9.17, 15) is 0 Å². The van der Waals surface area contributed by atoms with Crippen molar-refractivity contribution < 1.29 is 0 Å². The molecule has 0 saturated carbocycles. The van der Waals surface area contributed by atoms with Crippen molar-refractivity contribution in [1.29, 1.82) is 0 Å². The molecular formula is C52H35N. The highest BCUT2D eigenvalue weighted by molar-refractivity contribution is 6.27. The number of aromatic nitrogens is 1. The molecule has 248 valence electrons. The quantitative estimate of drug-likeness (QED) is 0.170. The van der Waals surface area contributed by atoms with Crippen LogP contribution in [0.25, 0.3) is 98.4 Å². The first-order valence-corrected chi connectivity index (χ1v) is 18.5. The third-order valence-electron chi connectivity index (χ3n) is 11.9. The van der Waals surface area contributed by atoms with Crippen molar-refractivity contribution in [2.24, 2.45) is 0 Å². The van der Waals surface area contributed by atoms with Gasteiger partial charge in [-0.3, -0.25) is 4.98 Å². The van der Waals surface area contributed by atoms with Gasteiger partial charge in [0, 0.05) is 28.8 Å². The van der Waals surface area contributed by atoms with Gasteiger partial charge in [-0.25, -0.2) is 0 Å². The highest BCUT2D eigenvalue weighted by Gasteiger charge is 2.35. The molecular weight excluding hydrogens is 639 g/mol. The van der Waals surface area contributed by atoms with Crippen LogP contribution in [0.4, 0.5) is 0 Å². The minimum atomic E-state index is -0.0504. The summed E-state index contributed by atoms with van der Waals surface area (Å²) in [7, 11) is 0. The Balaban J connectivity index is 1.29. The van der Waals surface area contributed by atoms with Crippen molar-refractivity contribution >= 4 is 53.9 Å². The summed E-state index contributed by atoms with van der Waals surface area (Å²) in [5.41, 5.74) is 12.8. The van der Waals surface area contributed by atoms with Gasteiger partial charge >= 0.3 is 0 Å². The molecule has 1 heteroatoms. The van der Waals surface area contributed by atoms with Crippen LogP contribution in [-0.4, -0.2) is 4.98 Å². The van der Waals surface area contributed by atoms with Crippen LogP contribution in [-0.2, 0) is 5.41 Å². The standard InChI is InChI=1S/C52H35N/c1-52(2)47-18-10-9-15-40(47)44-30-38(22-24-48(44)52)49-41-16-7-8-17-42(41)51(50-39-14-6-5-13-36(39)28-37-25-26-53-31-46(37)50)43-23-21-35(29-45(43)49)34-20-19-32-11-3-4-12-33(32)27-34/h3-31H,1-2H3. The summed E-state index contributed by atoms with van der Waals surface area (Å²) in [6.45, 7) is 4.71. The molecule has 0 amide bonds. The Bertz CT molecular complexity index is 3090. The molecule has 0 saturated heterocycles. The molecule has 0 spiro atoms. The Morgan fingerprint density at radius 1 is 0.358 bits per heavy atom. The molecule has 11 rings (SSSR count). The zero-order valence-corrected chi connectivity index (χ0v) is 29.7. The Labute approximate surface area is 308 Å². The minimum Gasteiger partial charge on any atom is -0.264 e. The van der Waals surface area contributed by atoms with Crippen LogP contribution in [0.3, 0.4) is 0 Å². The summed E-state index contributed by atoms with van der Waals surface area (Å²) in [6.07, 6.45) is 3.96. The van der Waals surface area contributed by atoms with Crippen LogP contribution in [0.15, 0.2) is 176 Å². The van der Waals surface area contributed by atoms with E-state index < -0.39 is 0 Å². The van der Waals surface area contributed by atoms with E-state index in [2.05, 4.69) is 189 Å². The highest BCUT2D eigenvalue weighted by Crippen LogP contribution is 2.52. The molecule has 9 aromatic carbocycles. The molecule has 1 aliphatic carbocycles. The van der Waals surface area contributed by atoms with Gasteiger partial charge in [-0.05, 0) is 129 Å². The van der Waals surface area contributed by atoms with Crippen LogP contribution >= 0.6 is 0 Å². The van der Waals surface area contributed by atoms with E-state index in [4.69, 9.17) is 0 Å². The monoisotopic (exact) mass is 673 g/mol. The van der Waals surface area contributed by atoms with E-state index >= 15 is 0 Å². The lowest BCUT2D eigenvalue weighted by atomic mass is 9.80. The van der Waals surface area contributed by atoms with E-state index in [0.717, 1.165) is 0 Å². The summed E-state index contributed by atoms with van der Waals surface area (Å²) >= 11 is 0. The van der Waals surface area contributed by atoms with E-state index in [-0.39, 0.29) is 5.41 Å². The zero-order valence-electron chi connectivity index (χ0n) is 29.7. The summed E-state index contributed by atoms with van der Waals surface area (Å²) in [4.78, 5) is 4.67. The third kappa shape index (κ3) is 4.41. The highest BCUT2D eigenvalue weighted by atomic mass is 14.6. The normalized spacial score (nSPS) is 13.2. The Kier molecular flexibility index (Phi) is 6.37. The summed E-state index contributed by atoms with van der Waals surface area (Å²) in [6, 6.07) is 61.1. The van der Waals surface area contributed by atoms with Crippen molar-refractivity contribution in [3.05, 3.63) is 187 Å². The number of fused-ring (bicyclic) bond motifs is 8. The summed E-state index contributed by atoms with van der Waals surface area (Å²) in [5, 5.41) is 12.3. The van der Waals surface area contributed by atoms with Gasteiger partial charge in [-0.2, -0.15) is 0 Å². The van der Waals surface area contributed by atoms with Crippen molar-refractivity contribution in [2.75, 3.05) is 0 Å². The lowest BCUT2D eigenvalue weighted by Crippen LogP contribution is -2.14. The van der Waals surface area contributed by atoms with Gasteiger partial charge in [-0.15, -0.1) is 0 Å². The van der Waals surface area contributed by atoms with E-state index in [0.29, 0.717) is 0 Å². The van der Waals surface area contributed by atoms with Gasteiger partial charge in [0.05, 0.1) is 0 Å². The molecule has 0 radical (unpaired) electrons. The van der Waals surface area contributed by atoms with Crippen LogP contribution in [0, 0.1) is 0 Å². The Morgan fingerprint density at radius 2 is 0.962 bits per heavy atom. The molecule has 0 fully saturated rings. The second-order valence-corrected chi connectivity index (χ2v) is 15.1. The first-order valence-electron chi connectivity index (χ1n) is 18.5. The SMILES string of the molecule is CC1(C)c2ccccc2-c2cc(-c3c4ccccc4c(-c4c5ccccc5cc5ccncc45)c4ccc(-c5ccc6ccccc6c5)cc34)ccc21. The molecule has 1 aliphatic rings. The molecule has 0 N–H and O–H groups in total. The number of pyridine rings is 1. The number of rotatable bonds is 3. The number of benzene rings is 9. The topological polar surface area (TPSA) is 12.9 Å². The second-order valence-electron chi connectivity index (χ2n) is 15.1. The molecule has 0 bridgehead atoms. The fourth-order valence-electron chi connectivity index (χ4n) is 9.36. The fourth-order valence-corrected chi connectivity index (χ4v) is 9.36. The van der Waals surface area contributed by atoms with Crippen LogP contribution in [0.5, 0.6) is 0 Å². The first kappa shape index (κ1) is 30.1. The van der Waals surface area contributed by atoms with Gasteiger partial charge in [-0.1, -0.05) is 147 Å².